The number of amides is 2. The summed E-state index contributed by atoms with van der Waals surface area (Å²) in [5.74, 6) is -0.409. The van der Waals surface area contributed by atoms with Crippen LogP contribution in [0, 0.1) is 5.92 Å². The van der Waals surface area contributed by atoms with Gasteiger partial charge in [-0.15, -0.1) is 0 Å². The summed E-state index contributed by atoms with van der Waals surface area (Å²) < 4.78 is 11.0. The van der Waals surface area contributed by atoms with Crippen molar-refractivity contribution in [3.8, 4) is 11.5 Å². The van der Waals surface area contributed by atoms with Gasteiger partial charge in [0.1, 0.15) is 17.4 Å². The summed E-state index contributed by atoms with van der Waals surface area (Å²) in [6, 6.07) is 20.8. The van der Waals surface area contributed by atoms with Crippen LogP contribution in [-0.2, 0) is 14.4 Å². The molecular weight excluding hydrogens is 444 g/mol. The van der Waals surface area contributed by atoms with Gasteiger partial charge in [-0.05, 0) is 42.5 Å². The van der Waals surface area contributed by atoms with E-state index in [9.17, 15) is 9.59 Å². The number of anilines is 2. The Morgan fingerprint density at radius 3 is 2.30 bits per heavy atom. The number of ether oxygens (including phenoxy) is 2. The highest BCUT2D eigenvalue weighted by Crippen LogP contribution is 2.50. The summed E-state index contributed by atoms with van der Waals surface area (Å²) in [4.78, 5) is 34.4. The first-order valence-electron chi connectivity index (χ1n) is 10.4. The van der Waals surface area contributed by atoms with Crippen molar-refractivity contribution in [2.24, 2.45) is 5.92 Å². The minimum absolute atomic E-state index is 0.353. The third kappa shape index (κ3) is 3.50. The Balaban J connectivity index is 1.62. The van der Waals surface area contributed by atoms with Gasteiger partial charge >= 0.3 is 0 Å². The average molecular weight is 465 g/mol. The molecule has 0 spiro atoms. The number of benzene rings is 3. The van der Waals surface area contributed by atoms with E-state index in [0.29, 0.717) is 27.8 Å². The number of fused-ring (bicyclic) bond motifs is 1. The second-order valence-electron chi connectivity index (χ2n) is 7.76. The van der Waals surface area contributed by atoms with Crippen LogP contribution in [0.3, 0.4) is 0 Å². The number of halogens is 1. The molecule has 2 fully saturated rings. The van der Waals surface area contributed by atoms with Gasteiger partial charge in [-0.1, -0.05) is 35.9 Å². The molecule has 3 aromatic rings. The van der Waals surface area contributed by atoms with E-state index in [-0.39, 0.29) is 5.91 Å². The lowest BCUT2D eigenvalue weighted by atomic mass is 9.90. The lowest BCUT2D eigenvalue weighted by molar-refractivity contribution is -0.126. The molecule has 2 saturated heterocycles. The van der Waals surface area contributed by atoms with Gasteiger partial charge in [-0.2, -0.15) is 0 Å². The van der Waals surface area contributed by atoms with Crippen LogP contribution in [0.15, 0.2) is 72.8 Å². The molecule has 0 aromatic heterocycles. The largest absolute Gasteiger partial charge is 0.497 e. The van der Waals surface area contributed by atoms with E-state index >= 15 is 0 Å². The fraction of sp³-hybridized carbons (Fsp3) is 0.200. The maximum absolute atomic E-state index is 13.7. The van der Waals surface area contributed by atoms with Gasteiger partial charge in [-0.3, -0.25) is 14.4 Å². The van der Waals surface area contributed by atoms with Crippen molar-refractivity contribution in [3.05, 3.63) is 83.4 Å². The first-order chi connectivity index (χ1) is 16.0. The second kappa shape index (κ2) is 8.42. The van der Waals surface area contributed by atoms with Crippen molar-refractivity contribution >= 4 is 34.8 Å². The lowest BCUT2D eigenvalue weighted by Gasteiger charge is -2.29. The van der Waals surface area contributed by atoms with Gasteiger partial charge in [0.25, 0.3) is 5.91 Å². The van der Waals surface area contributed by atoms with Crippen molar-refractivity contribution in [3.63, 3.8) is 0 Å². The predicted octanol–water partition coefficient (Wildman–Crippen LogP) is 4.41. The molecule has 0 radical (unpaired) electrons. The minimum atomic E-state index is -0.978. The Bertz CT molecular complexity index is 1220. The molecule has 2 aliphatic rings. The third-order valence-corrected chi connectivity index (χ3v) is 6.19. The smallest absolute Gasteiger partial charge is 0.266 e. The number of para-hydroxylation sites is 1. The molecule has 5 rings (SSSR count). The maximum atomic E-state index is 13.7. The van der Waals surface area contributed by atoms with E-state index in [0.717, 1.165) is 10.6 Å². The highest BCUT2D eigenvalue weighted by atomic mass is 35.5. The summed E-state index contributed by atoms with van der Waals surface area (Å²) in [6.07, 6.45) is -0.978. The number of nitrogens with zero attached hydrogens (tertiary/aromatic N) is 2. The minimum Gasteiger partial charge on any atom is -0.497 e. The monoisotopic (exact) mass is 464 g/mol. The topological polar surface area (TPSA) is 68.3 Å². The molecule has 0 saturated carbocycles. The molecule has 0 unspecified atom stereocenters. The molecule has 7 nitrogen and oxygen atoms in total. The van der Waals surface area contributed by atoms with Gasteiger partial charge in [0.15, 0.2) is 6.10 Å². The number of hydroxylamine groups is 1. The average Bonchev–Trinajstić information content (AvgIpc) is 3.35. The van der Waals surface area contributed by atoms with Crippen LogP contribution in [0.1, 0.15) is 11.6 Å². The molecule has 2 heterocycles. The van der Waals surface area contributed by atoms with Crippen LogP contribution in [0.2, 0.25) is 5.02 Å². The molecule has 8 heteroatoms. The zero-order valence-electron chi connectivity index (χ0n) is 18.0. The number of rotatable bonds is 5. The summed E-state index contributed by atoms with van der Waals surface area (Å²) >= 11 is 6.12. The Kier molecular flexibility index (Phi) is 5.44. The van der Waals surface area contributed by atoms with E-state index in [1.54, 1.807) is 55.7 Å². The van der Waals surface area contributed by atoms with Crippen molar-refractivity contribution in [2.45, 2.75) is 12.1 Å². The molecule has 2 amide bonds. The molecule has 0 bridgehead atoms. The van der Waals surface area contributed by atoms with Gasteiger partial charge < -0.3 is 9.47 Å². The number of hydrogen-bond acceptors (Lipinski definition) is 6. The van der Waals surface area contributed by atoms with Gasteiger partial charge in [-0.25, -0.2) is 9.96 Å². The molecule has 2 aliphatic heterocycles. The Morgan fingerprint density at radius 1 is 0.848 bits per heavy atom. The van der Waals surface area contributed by atoms with E-state index in [1.807, 2.05) is 36.4 Å². The van der Waals surface area contributed by atoms with E-state index < -0.39 is 24.0 Å². The third-order valence-electron chi connectivity index (χ3n) is 5.95. The van der Waals surface area contributed by atoms with Gasteiger partial charge in [0, 0.05) is 16.7 Å². The van der Waals surface area contributed by atoms with Crippen molar-refractivity contribution in [2.75, 3.05) is 24.2 Å². The van der Waals surface area contributed by atoms with Crippen LogP contribution in [-0.4, -0.2) is 32.1 Å². The molecular formula is C25H21ClN2O5. The fourth-order valence-corrected chi connectivity index (χ4v) is 4.65. The first kappa shape index (κ1) is 21.3. The fourth-order valence-electron chi connectivity index (χ4n) is 4.46. The number of carbonyl (C=O) groups excluding carboxylic acids is 2. The number of methoxy groups -OCH3 is 2. The molecule has 3 atom stereocenters. The Morgan fingerprint density at radius 2 is 1.61 bits per heavy atom. The quantitative estimate of drug-likeness (QED) is 0.521. The second-order valence-corrected chi connectivity index (χ2v) is 8.19. The zero-order chi connectivity index (χ0) is 23.1. The standard InChI is InChI=1S/C25H21ClN2O5/c1-31-18-11-12-19(20(14-18)32-2)22-21-23(33-28(22)16-8-4-3-5-9-16)25(30)27(24(21)29)17-10-6-7-15(26)13-17/h3-14,21-23H,1-2H3/t21-,22-,23+/m0/s1. The van der Waals surface area contributed by atoms with Gasteiger partial charge in [0.05, 0.1) is 31.6 Å². The van der Waals surface area contributed by atoms with Crippen LogP contribution in [0.25, 0.3) is 0 Å². The van der Waals surface area contributed by atoms with Crippen LogP contribution in [0.5, 0.6) is 11.5 Å². The highest BCUT2D eigenvalue weighted by Gasteiger charge is 2.60. The SMILES string of the molecule is COc1ccc([C@H]2[C@@H]3C(=O)N(c4cccc(Cl)c4)C(=O)[C@@H]3ON2c2ccccc2)c(OC)c1. The lowest BCUT2D eigenvalue weighted by Crippen LogP contribution is -2.37. The number of carbonyl (C=O) groups is 2. The van der Waals surface area contributed by atoms with Gasteiger partial charge in [0.2, 0.25) is 5.91 Å². The Hall–Kier alpha value is -3.55. The molecule has 33 heavy (non-hydrogen) atoms. The molecule has 0 aliphatic carbocycles. The number of hydrogen-bond donors (Lipinski definition) is 0. The summed E-state index contributed by atoms with van der Waals surface area (Å²) in [5, 5.41) is 2.07. The van der Waals surface area contributed by atoms with Crippen molar-refractivity contribution in [1.82, 2.24) is 0 Å². The summed E-state index contributed by atoms with van der Waals surface area (Å²) in [6.45, 7) is 0. The molecule has 3 aromatic carbocycles. The van der Waals surface area contributed by atoms with E-state index in [2.05, 4.69) is 0 Å². The van der Waals surface area contributed by atoms with E-state index in [1.165, 1.54) is 0 Å². The highest BCUT2D eigenvalue weighted by molar-refractivity contribution is 6.31. The van der Waals surface area contributed by atoms with Crippen molar-refractivity contribution < 1.29 is 23.9 Å². The Labute approximate surface area is 196 Å². The van der Waals surface area contributed by atoms with E-state index in [4.69, 9.17) is 25.9 Å². The summed E-state index contributed by atoms with van der Waals surface area (Å²) in [7, 11) is 3.12. The van der Waals surface area contributed by atoms with Crippen LogP contribution in [0.4, 0.5) is 11.4 Å². The zero-order valence-corrected chi connectivity index (χ0v) is 18.7. The normalized spacial score (nSPS) is 22.0. The van der Waals surface area contributed by atoms with Crippen LogP contribution >= 0.6 is 11.6 Å². The van der Waals surface area contributed by atoms with Crippen LogP contribution < -0.4 is 19.4 Å². The predicted molar refractivity (Wildman–Crippen MR) is 124 cm³/mol. The number of imide groups is 1. The summed E-state index contributed by atoms with van der Waals surface area (Å²) in [5.41, 5.74) is 1.86. The maximum Gasteiger partial charge on any atom is 0.266 e. The van der Waals surface area contributed by atoms with Crippen molar-refractivity contribution in [1.29, 1.82) is 0 Å². The molecule has 168 valence electrons. The molecule has 0 N–H and O–H groups in total. The first-order valence-corrected chi connectivity index (χ1v) is 10.8.